The molecule has 6 heteroatoms. The summed E-state index contributed by atoms with van der Waals surface area (Å²) in [6.45, 7) is 3.65. The molecule has 1 rings (SSSR count). The van der Waals surface area contributed by atoms with Gasteiger partial charge in [0.25, 0.3) is 0 Å². The zero-order valence-electron chi connectivity index (χ0n) is 7.81. The number of nitrogens with two attached hydrogens (primary N) is 1. The molecule has 0 fully saturated rings. The lowest BCUT2D eigenvalue weighted by atomic mass is 10.3. The maximum Gasteiger partial charge on any atom is 0.241 e. The molecule has 4 nitrogen and oxygen atoms in total. The number of benzene rings is 1. The van der Waals surface area contributed by atoms with Crippen molar-refractivity contribution in [1.29, 1.82) is 0 Å². The molecule has 2 N–H and O–H groups in total. The molecular formula is C9H10ClNO3S. The molecule has 0 atom stereocenters. The minimum absolute atomic E-state index is 0.128. The number of primary sulfonamides is 1. The first-order valence-electron chi connectivity index (χ1n) is 4.01. The molecule has 0 radical (unpaired) electrons. The van der Waals surface area contributed by atoms with Crippen molar-refractivity contribution in [3.05, 3.63) is 35.9 Å². The van der Waals surface area contributed by atoms with E-state index in [4.69, 9.17) is 21.5 Å². The number of halogens is 1. The van der Waals surface area contributed by atoms with E-state index in [-0.39, 0.29) is 22.3 Å². The number of hydrogen-bond donors (Lipinski definition) is 1. The summed E-state index contributed by atoms with van der Waals surface area (Å²) in [5, 5.41) is 5.29. The third-order valence-electron chi connectivity index (χ3n) is 1.57. The Labute approximate surface area is 93.4 Å². The van der Waals surface area contributed by atoms with Gasteiger partial charge in [-0.1, -0.05) is 24.3 Å². The van der Waals surface area contributed by atoms with Gasteiger partial charge in [0, 0.05) is 5.02 Å². The van der Waals surface area contributed by atoms with Crippen LogP contribution in [-0.4, -0.2) is 15.0 Å². The van der Waals surface area contributed by atoms with E-state index in [0.717, 1.165) is 0 Å². The molecule has 0 amide bonds. The van der Waals surface area contributed by atoms with Gasteiger partial charge in [-0.2, -0.15) is 0 Å². The lowest BCUT2D eigenvalue weighted by Crippen LogP contribution is -2.14. The van der Waals surface area contributed by atoms with Crippen LogP contribution in [0.25, 0.3) is 0 Å². The fourth-order valence-electron chi connectivity index (χ4n) is 0.972. The summed E-state index contributed by atoms with van der Waals surface area (Å²) < 4.78 is 27.5. The largest absolute Gasteiger partial charge is 0.488 e. The fraction of sp³-hybridized carbons (Fsp3) is 0.111. The third-order valence-corrected chi connectivity index (χ3v) is 2.74. The molecule has 0 heterocycles. The second-order valence-electron chi connectivity index (χ2n) is 2.74. The van der Waals surface area contributed by atoms with Crippen LogP contribution in [0.2, 0.25) is 5.02 Å². The van der Waals surface area contributed by atoms with Crippen molar-refractivity contribution in [2.75, 3.05) is 6.61 Å². The van der Waals surface area contributed by atoms with Crippen LogP contribution in [0.3, 0.4) is 0 Å². The van der Waals surface area contributed by atoms with Crippen molar-refractivity contribution >= 4 is 21.6 Å². The Morgan fingerprint density at radius 3 is 2.73 bits per heavy atom. The Balaban J connectivity index is 3.21. The fourth-order valence-corrected chi connectivity index (χ4v) is 1.91. The Morgan fingerprint density at radius 2 is 2.20 bits per heavy atom. The van der Waals surface area contributed by atoms with Crippen LogP contribution in [0.15, 0.2) is 35.7 Å². The average molecular weight is 248 g/mol. The lowest BCUT2D eigenvalue weighted by molar-refractivity contribution is 0.353. The maximum absolute atomic E-state index is 11.2. The molecule has 0 aromatic heterocycles. The molecule has 0 saturated heterocycles. The molecule has 1 aromatic carbocycles. The second kappa shape index (κ2) is 4.65. The van der Waals surface area contributed by atoms with E-state index in [9.17, 15) is 8.42 Å². The van der Waals surface area contributed by atoms with E-state index in [2.05, 4.69) is 6.58 Å². The van der Waals surface area contributed by atoms with Gasteiger partial charge in [-0.05, 0) is 18.2 Å². The van der Waals surface area contributed by atoms with Crippen molar-refractivity contribution in [2.24, 2.45) is 5.14 Å². The summed E-state index contributed by atoms with van der Waals surface area (Å²) >= 11 is 5.66. The zero-order chi connectivity index (χ0) is 11.5. The van der Waals surface area contributed by atoms with Gasteiger partial charge < -0.3 is 4.74 Å². The number of hydrogen-bond acceptors (Lipinski definition) is 3. The van der Waals surface area contributed by atoms with Crippen LogP contribution in [0.5, 0.6) is 5.75 Å². The molecule has 0 spiro atoms. The molecule has 0 aliphatic carbocycles. The van der Waals surface area contributed by atoms with Crippen molar-refractivity contribution in [2.45, 2.75) is 4.90 Å². The Hall–Kier alpha value is -1.04. The highest BCUT2D eigenvalue weighted by molar-refractivity contribution is 7.89. The van der Waals surface area contributed by atoms with E-state index in [1.54, 1.807) is 0 Å². The number of ether oxygens (including phenoxy) is 1. The first-order valence-corrected chi connectivity index (χ1v) is 5.93. The SMILES string of the molecule is C=CCOc1ccc(Cl)cc1S(N)(=O)=O. The standard InChI is InChI=1S/C9H10ClNO3S/c1-2-5-14-8-4-3-7(10)6-9(8)15(11,12)13/h2-4,6H,1,5H2,(H2,11,12,13). The summed E-state index contributed by atoms with van der Waals surface area (Å²) in [5.74, 6) is 0.168. The van der Waals surface area contributed by atoms with E-state index in [0.29, 0.717) is 0 Å². The zero-order valence-corrected chi connectivity index (χ0v) is 9.38. The molecule has 15 heavy (non-hydrogen) atoms. The lowest BCUT2D eigenvalue weighted by Gasteiger charge is -2.08. The van der Waals surface area contributed by atoms with Gasteiger partial charge in [-0.3, -0.25) is 0 Å². The molecule has 0 aliphatic heterocycles. The predicted octanol–water partition coefficient (Wildman–Crippen LogP) is 1.55. The van der Waals surface area contributed by atoms with E-state index in [1.165, 1.54) is 24.3 Å². The van der Waals surface area contributed by atoms with Crippen LogP contribution in [-0.2, 0) is 10.0 Å². The highest BCUT2D eigenvalue weighted by Crippen LogP contribution is 2.26. The smallest absolute Gasteiger partial charge is 0.241 e. The van der Waals surface area contributed by atoms with Crippen LogP contribution in [0.4, 0.5) is 0 Å². The van der Waals surface area contributed by atoms with Gasteiger partial charge in [-0.25, -0.2) is 13.6 Å². The summed E-state index contributed by atoms with van der Waals surface area (Å²) in [5.41, 5.74) is 0. The van der Waals surface area contributed by atoms with Crippen molar-refractivity contribution in [3.63, 3.8) is 0 Å². The molecule has 1 aromatic rings. The van der Waals surface area contributed by atoms with E-state index < -0.39 is 10.0 Å². The molecule has 0 bridgehead atoms. The van der Waals surface area contributed by atoms with Crippen LogP contribution < -0.4 is 9.88 Å². The highest BCUT2D eigenvalue weighted by atomic mass is 35.5. The molecule has 82 valence electrons. The highest BCUT2D eigenvalue weighted by Gasteiger charge is 2.15. The second-order valence-corrected chi connectivity index (χ2v) is 4.70. The van der Waals surface area contributed by atoms with Crippen molar-refractivity contribution < 1.29 is 13.2 Å². The number of sulfonamides is 1. The monoisotopic (exact) mass is 247 g/mol. The van der Waals surface area contributed by atoms with Crippen molar-refractivity contribution in [3.8, 4) is 5.75 Å². The Bertz CT molecular complexity index is 470. The molecule has 0 saturated carbocycles. The number of rotatable bonds is 4. The molecule has 0 aliphatic rings. The van der Waals surface area contributed by atoms with Gasteiger partial charge in [0.05, 0.1) is 0 Å². The van der Waals surface area contributed by atoms with Crippen molar-refractivity contribution in [1.82, 2.24) is 0 Å². The van der Waals surface area contributed by atoms with Crippen LogP contribution >= 0.6 is 11.6 Å². The minimum atomic E-state index is -3.83. The first kappa shape index (κ1) is 12.0. The Morgan fingerprint density at radius 1 is 1.53 bits per heavy atom. The normalized spacial score (nSPS) is 11.1. The van der Waals surface area contributed by atoms with Gasteiger partial charge in [0.1, 0.15) is 17.3 Å². The van der Waals surface area contributed by atoms with Crippen LogP contribution in [0, 0.1) is 0 Å². The van der Waals surface area contributed by atoms with Gasteiger partial charge in [0.2, 0.25) is 10.0 Å². The average Bonchev–Trinajstić information content (AvgIpc) is 2.14. The van der Waals surface area contributed by atoms with E-state index in [1.807, 2.05) is 0 Å². The van der Waals surface area contributed by atoms with Gasteiger partial charge >= 0.3 is 0 Å². The van der Waals surface area contributed by atoms with E-state index >= 15 is 0 Å². The topological polar surface area (TPSA) is 69.4 Å². The molecular weight excluding hydrogens is 238 g/mol. The first-order chi connectivity index (χ1) is 6.95. The van der Waals surface area contributed by atoms with Gasteiger partial charge in [-0.15, -0.1) is 0 Å². The summed E-state index contributed by atoms with van der Waals surface area (Å²) in [4.78, 5) is -0.128. The maximum atomic E-state index is 11.2. The summed E-state index contributed by atoms with van der Waals surface area (Å²) in [6, 6.07) is 4.22. The third kappa shape index (κ3) is 3.23. The minimum Gasteiger partial charge on any atom is -0.488 e. The Kier molecular flexibility index (Phi) is 3.73. The summed E-state index contributed by atoms with van der Waals surface area (Å²) in [7, 11) is -3.83. The summed E-state index contributed by atoms with van der Waals surface area (Å²) in [6.07, 6.45) is 1.50. The quantitative estimate of drug-likeness (QED) is 0.821. The molecule has 0 unspecified atom stereocenters. The predicted molar refractivity (Wildman–Crippen MR) is 58.5 cm³/mol. The van der Waals surface area contributed by atoms with Gasteiger partial charge in [0.15, 0.2) is 0 Å². The van der Waals surface area contributed by atoms with Crippen LogP contribution in [0.1, 0.15) is 0 Å².